The number of nitrogens with one attached hydrogen (secondary N) is 1. The first-order chi connectivity index (χ1) is 25.5. The van der Waals surface area contributed by atoms with Gasteiger partial charge in [0.05, 0.1) is 25.4 Å². The molecule has 1 amide bonds. The highest BCUT2D eigenvalue weighted by Gasteiger charge is 2.20. The first-order valence-corrected chi connectivity index (χ1v) is 23.3. The number of rotatable bonds is 43. The summed E-state index contributed by atoms with van der Waals surface area (Å²) in [5.74, 6) is -0.0746. The van der Waals surface area contributed by atoms with Gasteiger partial charge in [-0.25, -0.2) is 0 Å². The van der Waals surface area contributed by atoms with Gasteiger partial charge in [-0.3, -0.25) is 9.59 Å². The second kappa shape index (κ2) is 42.6. The average molecular weight is 738 g/mol. The lowest BCUT2D eigenvalue weighted by molar-refractivity contribution is -0.143. The highest BCUT2D eigenvalue weighted by atomic mass is 16.5. The smallest absolute Gasteiger partial charge is 0.305 e. The molecule has 0 radical (unpaired) electrons. The van der Waals surface area contributed by atoms with Crippen molar-refractivity contribution in [3.05, 3.63) is 0 Å². The summed E-state index contributed by atoms with van der Waals surface area (Å²) in [5.41, 5.74) is 0. The van der Waals surface area contributed by atoms with Gasteiger partial charge < -0.3 is 20.3 Å². The van der Waals surface area contributed by atoms with E-state index >= 15 is 0 Å². The molecule has 310 valence electrons. The van der Waals surface area contributed by atoms with Crippen LogP contribution in [0.1, 0.15) is 258 Å². The van der Waals surface area contributed by atoms with Crippen LogP contribution in [-0.2, 0) is 14.3 Å². The number of carbonyl (C=O) groups excluding carboxylic acids is 2. The fraction of sp³-hybridized carbons (Fsp3) is 0.957. The zero-order valence-electron chi connectivity index (χ0n) is 35.1. The Kier molecular flexibility index (Phi) is 41.7. The van der Waals surface area contributed by atoms with Crippen LogP contribution in [0.2, 0.25) is 0 Å². The van der Waals surface area contributed by atoms with Crippen molar-refractivity contribution in [2.75, 3.05) is 13.2 Å². The number of unbranched alkanes of at least 4 members (excludes halogenated alkanes) is 32. The molecule has 0 aliphatic carbocycles. The van der Waals surface area contributed by atoms with Crippen molar-refractivity contribution >= 4 is 11.9 Å². The normalized spacial score (nSPS) is 12.6. The predicted octanol–water partition coefficient (Wildman–Crippen LogP) is 13.2. The van der Waals surface area contributed by atoms with Crippen LogP contribution in [0, 0.1) is 0 Å². The number of hydrogen-bond acceptors (Lipinski definition) is 5. The van der Waals surface area contributed by atoms with E-state index in [0.717, 1.165) is 57.8 Å². The van der Waals surface area contributed by atoms with E-state index in [2.05, 4.69) is 19.2 Å². The number of amides is 1. The topological polar surface area (TPSA) is 95.9 Å². The number of aliphatic hydroxyl groups is 2. The van der Waals surface area contributed by atoms with E-state index in [0.29, 0.717) is 25.9 Å². The molecular weight excluding hydrogens is 647 g/mol. The Morgan fingerprint density at radius 1 is 0.462 bits per heavy atom. The third kappa shape index (κ3) is 38.6. The molecule has 0 aromatic heterocycles. The second-order valence-corrected chi connectivity index (χ2v) is 16.1. The SMILES string of the molecule is CCCCCCCCCCCCCCCCCC(=O)OCCCCCCCCCCCCC(=O)NC(CO)C(O)CCCCCCCCCCCC. The van der Waals surface area contributed by atoms with Gasteiger partial charge in [-0.1, -0.05) is 219 Å². The molecule has 3 N–H and O–H groups in total. The lowest BCUT2D eigenvalue weighted by Crippen LogP contribution is -2.45. The fourth-order valence-electron chi connectivity index (χ4n) is 7.29. The molecule has 0 rings (SSSR count). The molecule has 0 aliphatic heterocycles. The van der Waals surface area contributed by atoms with Crippen LogP contribution in [0.5, 0.6) is 0 Å². The van der Waals surface area contributed by atoms with Gasteiger partial charge in [0.2, 0.25) is 5.91 Å². The standard InChI is InChI=1S/C46H91NO5/c1-3-5-7-9-11-13-15-16-17-18-19-24-28-32-36-40-46(51)52-41-37-33-29-25-21-20-23-27-31-35-39-45(50)47-43(42-48)44(49)38-34-30-26-22-14-12-10-8-6-4-2/h43-44,48-49H,3-42H2,1-2H3,(H,47,50). The highest BCUT2D eigenvalue weighted by molar-refractivity contribution is 5.76. The lowest BCUT2D eigenvalue weighted by atomic mass is 10.0. The average Bonchev–Trinajstić information content (AvgIpc) is 3.14. The van der Waals surface area contributed by atoms with E-state index in [1.54, 1.807) is 0 Å². The van der Waals surface area contributed by atoms with Gasteiger partial charge in [0.25, 0.3) is 0 Å². The highest BCUT2D eigenvalue weighted by Crippen LogP contribution is 2.16. The minimum atomic E-state index is -0.674. The van der Waals surface area contributed by atoms with E-state index < -0.39 is 12.1 Å². The Morgan fingerprint density at radius 2 is 0.788 bits per heavy atom. The molecule has 6 nitrogen and oxygen atoms in total. The molecule has 0 aliphatic rings. The van der Waals surface area contributed by atoms with Crippen molar-refractivity contribution in [2.45, 2.75) is 270 Å². The van der Waals surface area contributed by atoms with Gasteiger partial charge in [-0.2, -0.15) is 0 Å². The third-order valence-corrected chi connectivity index (χ3v) is 10.9. The molecule has 0 spiro atoms. The molecule has 0 saturated carbocycles. The Bertz CT molecular complexity index is 732. The Morgan fingerprint density at radius 3 is 1.17 bits per heavy atom. The van der Waals surface area contributed by atoms with Crippen LogP contribution in [0.3, 0.4) is 0 Å². The number of hydrogen-bond donors (Lipinski definition) is 3. The van der Waals surface area contributed by atoms with Gasteiger partial charge >= 0.3 is 5.97 Å². The van der Waals surface area contributed by atoms with Crippen molar-refractivity contribution in [3.8, 4) is 0 Å². The van der Waals surface area contributed by atoms with Gasteiger partial charge in [0.1, 0.15) is 0 Å². The molecule has 2 unspecified atom stereocenters. The summed E-state index contributed by atoms with van der Waals surface area (Å²) < 4.78 is 5.45. The minimum Gasteiger partial charge on any atom is -0.466 e. The second-order valence-electron chi connectivity index (χ2n) is 16.1. The zero-order valence-corrected chi connectivity index (χ0v) is 35.1. The summed E-state index contributed by atoms with van der Waals surface area (Å²) in [4.78, 5) is 24.4. The molecule has 0 saturated heterocycles. The maximum atomic E-state index is 12.4. The summed E-state index contributed by atoms with van der Waals surface area (Å²) in [6.07, 6.45) is 44.9. The van der Waals surface area contributed by atoms with E-state index in [1.807, 2.05) is 0 Å². The summed E-state index contributed by atoms with van der Waals surface area (Å²) in [6, 6.07) is -0.554. The first kappa shape index (κ1) is 50.9. The van der Waals surface area contributed by atoms with Gasteiger partial charge in [0.15, 0.2) is 0 Å². The number of aliphatic hydroxyl groups excluding tert-OH is 2. The predicted molar refractivity (Wildman–Crippen MR) is 223 cm³/mol. The van der Waals surface area contributed by atoms with Crippen LogP contribution in [0.25, 0.3) is 0 Å². The van der Waals surface area contributed by atoms with Crippen LogP contribution >= 0.6 is 0 Å². The molecule has 0 aromatic carbocycles. The molecule has 0 fully saturated rings. The van der Waals surface area contributed by atoms with Crippen molar-refractivity contribution in [1.29, 1.82) is 0 Å². The summed E-state index contributed by atoms with van der Waals surface area (Å²) in [6.45, 7) is 4.89. The van der Waals surface area contributed by atoms with Crippen LogP contribution in [0.4, 0.5) is 0 Å². The van der Waals surface area contributed by atoms with Gasteiger partial charge in [-0.15, -0.1) is 0 Å². The van der Waals surface area contributed by atoms with Crippen LogP contribution < -0.4 is 5.32 Å². The quantitative estimate of drug-likeness (QED) is 0.0428. The largest absolute Gasteiger partial charge is 0.466 e. The summed E-state index contributed by atoms with van der Waals surface area (Å²) >= 11 is 0. The maximum absolute atomic E-state index is 12.4. The number of esters is 1. The van der Waals surface area contributed by atoms with Crippen molar-refractivity contribution < 1.29 is 24.5 Å². The Labute approximate surface area is 324 Å². The zero-order chi connectivity index (χ0) is 38.0. The Hall–Kier alpha value is -1.14. The monoisotopic (exact) mass is 738 g/mol. The first-order valence-electron chi connectivity index (χ1n) is 23.3. The summed E-state index contributed by atoms with van der Waals surface area (Å²) in [7, 11) is 0. The Balaban J connectivity index is 3.44. The van der Waals surface area contributed by atoms with Crippen molar-refractivity contribution in [3.63, 3.8) is 0 Å². The van der Waals surface area contributed by atoms with E-state index in [9.17, 15) is 19.8 Å². The molecule has 0 aromatic rings. The third-order valence-electron chi connectivity index (χ3n) is 10.9. The van der Waals surface area contributed by atoms with E-state index in [4.69, 9.17) is 4.74 Å². The van der Waals surface area contributed by atoms with Crippen LogP contribution in [0.15, 0.2) is 0 Å². The van der Waals surface area contributed by atoms with E-state index in [-0.39, 0.29) is 18.5 Å². The fourth-order valence-corrected chi connectivity index (χ4v) is 7.29. The van der Waals surface area contributed by atoms with Crippen molar-refractivity contribution in [2.24, 2.45) is 0 Å². The number of carbonyl (C=O) groups is 2. The molecule has 6 heteroatoms. The minimum absolute atomic E-state index is 0.0161. The number of ether oxygens (including phenoxy) is 1. The summed E-state index contributed by atoms with van der Waals surface area (Å²) in [5, 5.41) is 23.0. The van der Waals surface area contributed by atoms with Gasteiger partial charge in [0, 0.05) is 12.8 Å². The molecular formula is C46H91NO5. The molecule has 0 bridgehead atoms. The molecule has 2 atom stereocenters. The van der Waals surface area contributed by atoms with Crippen LogP contribution in [-0.4, -0.2) is 47.4 Å². The molecule has 52 heavy (non-hydrogen) atoms. The maximum Gasteiger partial charge on any atom is 0.305 e. The van der Waals surface area contributed by atoms with Crippen molar-refractivity contribution in [1.82, 2.24) is 5.32 Å². The molecule has 0 heterocycles. The van der Waals surface area contributed by atoms with Gasteiger partial charge in [-0.05, 0) is 25.7 Å². The lowest BCUT2D eigenvalue weighted by Gasteiger charge is -2.22. The van der Waals surface area contributed by atoms with E-state index in [1.165, 1.54) is 167 Å².